The van der Waals surface area contributed by atoms with Crippen molar-refractivity contribution in [1.82, 2.24) is 10.6 Å². The van der Waals surface area contributed by atoms with Gasteiger partial charge in [-0.05, 0) is 19.3 Å². The first kappa shape index (κ1) is 14.8. The highest BCUT2D eigenvalue weighted by Gasteiger charge is 1.96. The minimum absolute atomic E-state index is 0.526. The van der Waals surface area contributed by atoms with Crippen LogP contribution in [-0.2, 0) is 0 Å². The summed E-state index contributed by atoms with van der Waals surface area (Å²) in [4.78, 5) is 4.45. The molecular formula is C13H25N3. The lowest BCUT2D eigenvalue weighted by molar-refractivity contribution is 0.541. The molecule has 16 heavy (non-hydrogen) atoms. The predicted molar refractivity (Wildman–Crippen MR) is 71.5 cm³/mol. The van der Waals surface area contributed by atoms with E-state index >= 15 is 0 Å². The summed E-state index contributed by atoms with van der Waals surface area (Å²) in [6.45, 7) is 8.81. The van der Waals surface area contributed by atoms with Gasteiger partial charge in [0.2, 0.25) is 0 Å². The Labute approximate surface area is 100 Å². The van der Waals surface area contributed by atoms with Crippen molar-refractivity contribution in [3.05, 3.63) is 0 Å². The van der Waals surface area contributed by atoms with E-state index in [4.69, 9.17) is 6.42 Å². The number of rotatable bonds is 7. The smallest absolute Gasteiger partial charge is 0.192 e. The van der Waals surface area contributed by atoms with Crippen molar-refractivity contribution in [2.45, 2.75) is 40.0 Å². The predicted octanol–water partition coefficient (Wildman–Crippen LogP) is 2.00. The van der Waals surface area contributed by atoms with E-state index in [1.165, 1.54) is 12.8 Å². The van der Waals surface area contributed by atoms with Gasteiger partial charge in [-0.3, -0.25) is 4.99 Å². The Morgan fingerprint density at radius 2 is 2.06 bits per heavy atom. The summed E-state index contributed by atoms with van der Waals surface area (Å²) in [6.07, 6.45) is 8.86. The fourth-order valence-corrected chi connectivity index (χ4v) is 1.33. The summed E-state index contributed by atoms with van der Waals surface area (Å²) < 4.78 is 0. The van der Waals surface area contributed by atoms with Gasteiger partial charge in [0.15, 0.2) is 5.96 Å². The van der Waals surface area contributed by atoms with Crippen LogP contribution in [0, 0.1) is 18.3 Å². The van der Waals surface area contributed by atoms with E-state index in [-0.39, 0.29) is 0 Å². The standard InChI is InChI=1S/C13H25N3/c1-5-10-15-13(14-6-2)16-11-8-7-9-12(3)4/h1,12H,6-11H2,2-4H3,(H2,14,15,16). The van der Waals surface area contributed by atoms with Crippen LogP contribution in [0.4, 0.5) is 0 Å². The number of nitrogens with one attached hydrogen (secondary N) is 2. The minimum atomic E-state index is 0.526. The Morgan fingerprint density at radius 1 is 1.31 bits per heavy atom. The Morgan fingerprint density at radius 3 is 2.62 bits per heavy atom. The highest BCUT2D eigenvalue weighted by molar-refractivity contribution is 5.79. The summed E-state index contributed by atoms with van der Waals surface area (Å²) in [6, 6.07) is 0. The van der Waals surface area contributed by atoms with Crippen LogP contribution in [0.2, 0.25) is 0 Å². The molecule has 0 aliphatic rings. The number of nitrogens with zero attached hydrogens (tertiary/aromatic N) is 1. The van der Waals surface area contributed by atoms with Gasteiger partial charge in [-0.1, -0.05) is 32.6 Å². The first-order chi connectivity index (χ1) is 7.70. The lowest BCUT2D eigenvalue weighted by Gasteiger charge is -2.08. The van der Waals surface area contributed by atoms with Crippen LogP contribution in [0.3, 0.4) is 0 Å². The number of hydrogen-bond acceptors (Lipinski definition) is 1. The highest BCUT2D eigenvalue weighted by Crippen LogP contribution is 2.05. The van der Waals surface area contributed by atoms with Crippen LogP contribution in [0.25, 0.3) is 0 Å². The van der Waals surface area contributed by atoms with Crippen LogP contribution in [0.5, 0.6) is 0 Å². The zero-order valence-electron chi connectivity index (χ0n) is 10.8. The molecule has 0 saturated heterocycles. The molecule has 0 spiro atoms. The molecule has 0 aliphatic carbocycles. The Balaban J connectivity index is 3.72. The van der Waals surface area contributed by atoms with E-state index in [0.717, 1.165) is 31.4 Å². The molecule has 3 nitrogen and oxygen atoms in total. The lowest BCUT2D eigenvalue weighted by atomic mass is 10.1. The molecule has 0 unspecified atom stereocenters. The van der Waals surface area contributed by atoms with Crippen LogP contribution in [0.1, 0.15) is 40.0 Å². The molecule has 0 heterocycles. The second kappa shape index (κ2) is 10.4. The van der Waals surface area contributed by atoms with Gasteiger partial charge in [0.05, 0.1) is 6.54 Å². The second-order valence-electron chi connectivity index (χ2n) is 4.21. The van der Waals surface area contributed by atoms with Crippen LogP contribution >= 0.6 is 0 Å². The topological polar surface area (TPSA) is 36.4 Å². The van der Waals surface area contributed by atoms with Gasteiger partial charge in [-0.15, -0.1) is 6.42 Å². The Bertz CT molecular complexity index is 226. The summed E-state index contributed by atoms with van der Waals surface area (Å²) in [7, 11) is 0. The van der Waals surface area contributed by atoms with Crippen LogP contribution in [-0.4, -0.2) is 25.6 Å². The summed E-state index contributed by atoms with van der Waals surface area (Å²) in [5.74, 6) is 4.15. The number of aliphatic imine (C=N–C) groups is 1. The van der Waals surface area contributed by atoms with Crippen molar-refractivity contribution < 1.29 is 0 Å². The van der Waals surface area contributed by atoms with Crippen molar-refractivity contribution in [3.63, 3.8) is 0 Å². The normalized spacial score (nSPS) is 11.3. The third kappa shape index (κ3) is 9.39. The first-order valence-corrected chi connectivity index (χ1v) is 6.16. The molecule has 2 N–H and O–H groups in total. The molecular weight excluding hydrogens is 198 g/mol. The molecule has 92 valence electrons. The molecule has 0 fully saturated rings. The largest absolute Gasteiger partial charge is 0.357 e. The van der Waals surface area contributed by atoms with Gasteiger partial charge in [-0.25, -0.2) is 0 Å². The number of hydrogen-bond donors (Lipinski definition) is 2. The third-order valence-electron chi connectivity index (χ3n) is 2.16. The maximum atomic E-state index is 5.19. The Kier molecular flexibility index (Phi) is 9.59. The molecule has 0 rings (SSSR count). The van der Waals surface area contributed by atoms with Crippen LogP contribution < -0.4 is 10.6 Å². The van der Waals surface area contributed by atoms with Gasteiger partial charge < -0.3 is 10.6 Å². The average molecular weight is 223 g/mol. The van der Waals surface area contributed by atoms with E-state index in [2.05, 4.69) is 35.4 Å². The molecule has 0 amide bonds. The van der Waals surface area contributed by atoms with Gasteiger partial charge in [-0.2, -0.15) is 0 Å². The molecule has 3 heteroatoms. The third-order valence-corrected chi connectivity index (χ3v) is 2.16. The summed E-state index contributed by atoms with van der Waals surface area (Å²) in [5.41, 5.74) is 0. The fraction of sp³-hybridized carbons (Fsp3) is 0.769. The number of unbranched alkanes of at least 4 members (excludes halogenated alkanes) is 1. The zero-order valence-corrected chi connectivity index (χ0v) is 10.8. The second-order valence-corrected chi connectivity index (χ2v) is 4.21. The van der Waals surface area contributed by atoms with Gasteiger partial charge >= 0.3 is 0 Å². The minimum Gasteiger partial charge on any atom is -0.357 e. The van der Waals surface area contributed by atoms with Gasteiger partial charge in [0.25, 0.3) is 0 Å². The molecule has 0 atom stereocenters. The lowest BCUT2D eigenvalue weighted by Crippen LogP contribution is -2.37. The van der Waals surface area contributed by atoms with Gasteiger partial charge in [0.1, 0.15) is 0 Å². The SMILES string of the molecule is C#CCNC(=NCCCCC(C)C)NCC. The van der Waals surface area contributed by atoms with E-state index in [9.17, 15) is 0 Å². The van der Waals surface area contributed by atoms with Crippen molar-refractivity contribution in [3.8, 4) is 12.3 Å². The van der Waals surface area contributed by atoms with Crippen molar-refractivity contribution in [2.24, 2.45) is 10.9 Å². The summed E-state index contributed by atoms with van der Waals surface area (Å²) >= 11 is 0. The van der Waals surface area contributed by atoms with E-state index in [1.807, 2.05) is 6.92 Å². The molecule has 0 radical (unpaired) electrons. The van der Waals surface area contributed by atoms with Crippen molar-refractivity contribution in [2.75, 3.05) is 19.6 Å². The molecule has 0 aromatic rings. The van der Waals surface area contributed by atoms with Crippen molar-refractivity contribution in [1.29, 1.82) is 0 Å². The average Bonchev–Trinajstić information content (AvgIpc) is 2.24. The molecule has 0 saturated carbocycles. The van der Waals surface area contributed by atoms with E-state index in [0.29, 0.717) is 6.54 Å². The van der Waals surface area contributed by atoms with E-state index in [1.54, 1.807) is 0 Å². The molecule has 0 aromatic carbocycles. The molecule has 0 aromatic heterocycles. The van der Waals surface area contributed by atoms with Crippen molar-refractivity contribution >= 4 is 5.96 Å². The molecule has 0 bridgehead atoms. The Hall–Kier alpha value is -1.17. The van der Waals surface area contributed by atoms with Gasteiger partial charge in [0, 0.05) is 13.1 Å². The molecule has 0 aliphatic heterocycles. The first-order valence-electron chi connectivity index (χ1n) is 6.16. The zero-order chi connectivity index (χ0) is 12.2. The maximum Gasteiger partial charge on any atom is 0.192 e. The number of guanidine groups is 1. The quantitative estimate of drug-likeness (QED) is 0.300. The fourth-order valence-electron chi connectivity index (χ4n) is 1.33. The highest BCUT2D eigenvalue weighted by atomic mass is 15.2. The summed E-state index contributed by atoms with van der Waals surface area (Å²) in [5, 5.41) is 6.23. The number of terminal acetylenes is 1. The monoisotopic (exact) mass is 223 g/mol. The van der Waals surface area contributed by atoms with Crippen LogP contribution in [0.15, 0.2) is 4.99 Å². The maximum absolute atomic E-state index is 5.19. The van der Waals surface area contributed by atoms with E-state index < -0.39 is 0 Å².